The number of aliphatic carboxylic acids is 1. The fourth-order valence-corrected chi connectivity index (χ4v) is 2.67. The van der Waals surface area contributed by atoms with E-state index in [1.54, 1.807) is 36.1 Å². The summed E-state index contributed by atoms with van der Waals surface area (Å²) in [5.74, 6) is -1.79. The number of rotatable bonds is 6. The summed E-state index contributed by atoms with van der Waals surface area (Å²) in [6.45, 7) is 2.37. The number of amides is 2. The van der Waals surface area contributed by atoms with E-state index in [9.17, 15) is 14.4 Å². The molecule has 0 radical (unpaired) electrons. The number of anilines is 1. The van der Waals surface area contributed by atoms with Crippen molar-refractivity contribution >= 4 is 35.1 Å². The minimum Gasteiger partial charge on any atom is -0.481 e. The molecule has 1 aliphatic rings. The molecule has 1 aromatic carbocycles. The van der Waals surface area contributed by atoms with Crippen molar-refractivity contribution in [3.8, 4) is 0 Å². The van der Waals surface area contributed by atoms with Gasteiger partial charge in [0.25, 0.3) is 0 Å². The fraction of sp³-hybridized carbons (Fsp3) is 0.438. The van der Waals surface area contributed by atoms with Crippen molar-refractivity contribution in [3.05, 3.63) is 29.3 Å². The highest BCUT2D eigenvalue weighted by Gasteiger charge is 2.35. The Hall–Kier alpha value is -2.08. The number of hydrogen-bond donors (Lipinski definition) is 2. The highest BCUT2D eigenvalue weighted by molar-refractivity contribution is 6.30. The molecule has 1 heterocycles. The SMILES string of the molecule is CC(CNC(=O)C1CC(=O)N(c2ccc(Cl)cc2)C1)CC(=O)O. The second-order valence-electron chi connectivity index (χ2n) is 5.83. The van der Waals surface area contributed by atoms with Gasteiger partial charge in [-0.15, -0.1) is 0 Å². The van der Waals surface area contributed by atoms with E-state index in [1.807, 2.05) is 0 Å². The number of nitrogens with one attached hydrogen (secondary N) is 1. The van der Waals surface area contributed by atoms with Crippen molar-refractivity contribution in [1.82, 2.24) is 5.32 Å². The van der Waals surface area contributed by atoms with E-state index in [2.05, 4.69) is 5.32 Å². The first-order valence-electron chi connectivity index (χ1n) is 7.42. The van der Waals surface area contributed by atoms with E-state index in [4.69, 9.17) is 16.7 Å². The van der Waals surface area contributed by atoms with Gasteiger partial charge in [-0.05, 0) is 30.2 Å². The highest BCUT2D eigenvalue weighted by atomic mass is 35.5. The summed E-state index contributed by atoms with van der Waals surface area (Å²) < 4.78 is 0. The largest absolute Gasteiger partial charge is 0.481 e. The number of carbonyl (C=O) groups is 3. The Morgan fingerprint density at radius 1 is 1.39 bits per heavy atom. The number of carboxylic acid groups (broad SMARTS) is 1. The number of carboxylic acids is 1. The molecule has 2 rings (SSSR count). The molecular weight excluding hydrogens is 320 g/mol. The predicted octanol–water partition coefficient (Wildman–Crippen LogP) is 1.92. The molecule has 0 aromatic heterocycles. The van der Waals surface area contributed by atoms with Crippen LogP contribution in [-0.2, 0) is 14.4 Å². The third-order valence-electron chi connectivity index (χ3n) is 3.78. The van der Waals surface area contributed by atoms with Crippen LogP contribution in [0.5, 0.6) is 0 Å². The van der Waals surface area contributed by atoms with Gasteiger partial charge in [-0.2, -0.15) is 0 Å². The summed E-state index contributed by atoms with van der Waals surface area (Å²) in [6.07, 6.45) is 0.155. The summed E-state index contributed by atoms with van der Waals surface area (Å²) in [5, 5.41) is 12.0. The van der Waals surface area contributed by atoms with Crippen molar-refractivity contribution in [3.63, 3.8) is 0 Å². The average Bonchev–Trinajstić information content (AvgIpc) is 2.87. The maximum absolute atomic E-state index is 12.2. The van der Waals surface area contributed by atoms with Crippen molar-refractivity contribution in [2.24, 2.45) is 11.8 Å². The lowest BCUT2D eigenvalue weighted by atomic mass is 10.1. The summed E-state index contributed by atoms with van der Waals surface area (Å²) in [7, 11) is 0. The number of carbonyl (C=O) groups excluding carboxylic acids is 2. The Balaban J connectivity index is 1.90. The first kappa shape index (κ1) is 17.3. The van der Waals surface area contributed by atoms with E-state index in [1.165, 1.54) is 0 Å². The van der Waals surface area contributed by atoms with Crippen LogP contribution in [0.1, 0.15) is 19.8 Å². The zero-order valence-corrected chi connectivity index (χ0v) is 13.5. The number of benzene rings is 1. The summed E-state index contributed by atoms with van der Waals surface area (Å²) in [6, 6.07) is 6.89. The minimum absolute atomic E-state index is 0.000771. The Labute approximate surface area is 139 Å². The molecule has 0 bridgehead atoms. The lowest BCUT2D eigenvalue weighted by Crippen LogP contribution is -2.35. The summed E-state index contributed by atoms with van der Waals surface area (Å²) >= 11 is 5.83. The highest BCUT2D eigenvalue weighted by Crippen LogP contribution is 2.26. The minimum atomic E-state index is -0.892. The van der Waals surface area contributed by atoms with Crippen LogP contribution in [0.3, 0.4) is 0 Å². The molecule has 2 amide bonds. The van der Waals surface area contributed by atoms with Gasteiger partial charge in [-0.25, -0.2) is 0 Å². The van der Waals surface area contributed by atoms with Crippen molar-refractivity contribution in [2.45, 2.75) is 19.8 Å². The lowest BCUT2D eigenvalue weighted by molar-refractivity contribution is -0.138. The molecule has 2 unspecified atom stereocenters. The van der Waals surface area contributed by atoms with Crippen LogP contribution in [0.25, 0.3) is 0 Å². The number of hydrogen-bond acceptors (Lipinski definition) is 3. The number of nitrogens with zero attached hydrogens (tertiary/aromatic N) is 1. The Morgan fingerprint density at radius 3 is 2.65 bits per heavy atom. The topological polar surface area (TPSA) is 86.7 Å². The molecule has 6 nitrogen and oxygen atoms in total. The van der Waals surface area contributed by atoms with Gasteiger partial charge in [0, 0.05) is 36.6 Å². The Kier molecular flexibility index (Phi) is 5.60. The summed E-state index contributed by atoms with van der Waals surface area (Å²) in [5.41, 5.74) is 0.717. The molecule has 0 spiro atoms. The predicted molar refractivity (Wildman–Crippen MR) is 86.3 cm³/mol. The van der Waals surface area contributed by atoms with Crippen molar-refractivity contribution < 1.29 is 19.5 Å². The molecule has 1 fully saturated rings. The third-order valence-corrected chi connectivity index (χ3v) is 4.03. The molecule has 1 saturated heterocycles. The van der Waals surface area contributed by atoms with E-state index in [0.717, 1.165) is 0 Å². The zero-order valence-electron chi connectivity index (χ0n) is 12.8. The second-order valence-corrected chi connectivity index (χ2v) is 6.27. The maximum atomic E-state index is 12.2. The van der Waals surface area contributed by atoms with Gasteiger partial charge < -0.3 is 15.3 Å². The van der Waals surface area contributed by atoms with Crippen LogP contribution in [0.15, 0.2) is 24.3 Å². The molecule has 1 aromatic rings. The van der Waals surface area contributed by atoms with E-state index >= 15 is 0 Å². The van der Waals surface area contributed by atoms with Crippen LogP contribution in [0.4, 0.5) is 5.69 Å². The molecule has 124 valence electrons. The standard InChI is InChI=1S/C16H19ClN2O4/c1-10(6-15(21)22)8-18-16(23)11-7-14(20)19(9-11)13-4-2-12(17)3-5-13/h2-5,10-11H,6-9H2,1H3,(H,18,23)(H,21,22). The smallest absolute Gasteiger partial charge is 0.303 e. The zero-order chi connectivity index (χ0) is 17.0. The second kappa shape index (κ2) is 7.46. The molecule has 7 heteroatoms. The lowest BCUT2D eigenvalue weighted by Gasteiger charge is -2.17. The van der Waals surface area contributed by atoms with E-state index in [0.29, 0.717) is 17.3 Å². The molecule has 2 atom stereocenters. The molecule has 0 saturated carbocycles. The molecule has 2 N–H and O–H groups in total. The van der Waals surface area contributed by atoms with Gasteiger partial charge in [-0.1, -0.05) is 18.5 Å². The quantitative estimate of drug-likeness (QED) is 0.829. The van der Waals surface area contributed by atoms with Gasteiger partial charge >= 0.3 is 5.97 Å². The number of halogens is 1. The normalized spacial score (nSPS) is 18.8. The van der Waals surface area contributed by atoms with Gasteiger partial charge in [0.2, 0.25) is 11.8 Å². The molecule has 1 aliphatic heterocycles. The average molecular weight is 339 g/mol. The fourth-order valence-electron chi connectivity index (χ4n) is 2.54. The van der Waals surface area contributed by atoms with Gasteiger partial charge in [0.05, 0.1) is 5.92 Å². The molecular formula is C16H19ClN2O4. The van der Waals surface area contributed by atoms with Crippen molar-refractivity contribution in [1.29, 1.82) is 0 Å². The molecule has 0 aliphatic carbocycles. The van der Waals surface area contributed by atoms with Gasteiger partial charge in [0.1, 0.15) is 0 Å². The van der Waals surface area contributed by atoms with Crippen LogP contribution in [0.2, 0.25) is 5.02 Å². The first-order valence-corrected chi connectivity index (χ1v) is 7.80. The van der Waals surface area contributed by atoms with Crippen LogP contribution >= 0.6 is 11.6 Å². The van der Waals surface area contributed by atoms with Crippen LogP contribution < -0.4 is 10.2 Å². The summed E-state index contributed by atoms with van der Waals surface area (Å²) in [4.78, 5) is 36.4. The Morgan fingerprint density at radius 2 is 2.04 bits per heavy atom. The Bertz CT molecular complexity index is 603. The first-order chi connectivity index (χ1) is 10.9. The monoisotopic (exact) mass is 338 g/mol. The third kappa shape index (κ3) is 4.69. The van der Waals surface area contributed by atoms with Gasteiger partial charge in [0.15, 0.2) is 0 Å². The molecule has 23 heavy (non-hydrogen) atoms. The van der Waals surface area contributed by atoms with Crippen LogP contribution in [-0.4, -0.2) is 36.0 Å². The van der Waals surface area contributed by atoms with Crippen LogP contribution in [0, 0.1) is 11.8 Å². The van der Waals surface area contributed by atoms with Crippen molar-refractivity contribution in [2.75, 3.05) is 18.0 Å². The van der Waals surface area contributed by atoms with E-state index < -0.39 is 11.9 Å². The van der Waals surface area contributed by atoms with Gasteiger partial charge in [-0.3, -0.25) is 14.4 Å². The maximum Gasteiger partial charge on any atom is 0.303 e. The van der Waals surface area contributed by atoms with E-state index in [-0.39, 0.29) is 37.1 Å².